The molecule has 154 valence electrons. The fraction of sp³-hybridized carbons (Fsp3) is 0.333. The van der Waals surface area contributed by atoms with E-state index in [2.05, 4.69) is 25.0 Å². The van der Waals surface area contributed by atoms with Gasteiger partial charge >= 0.3 is 12.2 Å². The zero-order valence-corrected chi connectivity index (χ0v) is 15.4. The second kappa shape index (κ2) is 8.33. The van der Waals surface area contributed by atoms with Gasteiger partial charge in [-0.25, -0.2) is 9.98 Å². The van der Waals surface area contributed by atoms with Gasteiger partial charge in [-0.1, -0.05) is 12.1 Å². The van der Waals surface area contributed by atoms with Crippen LogP contribution in [0.1, 0.15) is 28.0 Å². The number of aromatic nitrogens is 2. The van der Waals surface area contributed by atoms with Gasteiger partial charge in [0.15, 0.2) is 5.69 Å². The quantitative estimate of drug-likeness (QED) is 0.758. The molecule has 0 saturated carbocycles. The number of anilines is 1. The van der Waals surface area contributed by atoms with Crippen molar-refractivity contribution in [2.75, 3.05) is 19.0 Å². The number of alkyl halides is 3. The highest BCUT2D eigenvalue weighted by atomic mass is 19.4. The molecule has 2 heterocycles. The Morgan fingerprint density at radius 3 is 2.66 bits per heavy atom. The number of carbonyl (C=O) groups is 1. The molecule has 0 fully saturated rings. The van der Waals surface area contributed by atoms with Gasteiger partial charge in [-0.3, -0.25) is 4.79 Å². The van der Waals surface area contributed by atoms with Crippen molar-refractivity contribution in [1.82, 2.24) is 9.97 Å². The van der Waals surface area contributed by atoms with E-state index in [1.165, 1.54) is 0 Å². The van der Waals surface area contributed by atoms with Crippen LogP contribution in [0.3, 0.4) is 0 Å². The van der Waals surface area contributed by atoms with Gasteiger partial charge in [-0.15, -0.1) is 0 Å². The van der Waals surface area contributed by atoms with Crippen LogP contribution in [0.15, 0.2) is 35.5 Å². The van der Waals surface area contributed by atoms with Crippen molar-refractivity contribution < 1.29 is 27.4 Å². The Morgan fingerprint density at radius 2 is 2.07 bits per heavy atom. The summed E-state index contributed by atoms with van der Waals surface area (Å²) >= 11 is 0. The average Bonchev–Trinajstić information content (AvgIpc) is 3.11. The third kappa shape index (κ3) is 5.12. The Balaban J connectivity index is 1.66. The number of ether oxygens (including phenoxy) is 2. The number of benzene rings is 1. The molecule has 1 aromatic carbocycles. The van der Waals surface area contributed by atoms with Crippen molar-refractivity contribution in [3.63, 3.8) is 0 Å². The number of rotatable bonds is 6. The topological polar surface area (TPSA) is 112 Å². The van der Waals surface area contributed by atoms with Crippen molar-refractivity contribution in [1.29, 1.82) is 0 Å². The monoisotopic (exact) mass is 409 g/mol. The maximum Gasteiger partial charge on any atom is 0.434 e. The van der Waals surface area contributed by atoms with Crippen molar-refractivity contribution in [3.05, 3.63) is 47.3 Å². The molecule has 1 unspecified atom stereocenters. The summed E-state index contributed by atoms with van der Waals surface area (Å²) in [5.41, 5.74) is 4.73. The lowest BCUT2D eigenvalue weighted by Crippen LogP contribution is -2.21. The van der Waals surface area contributed by atoms with E-state index in [1.54, 1.807) is 24.3 Å². The van der Waals surface area contributed by atoms with Crippen molar-refractivity contribution in [2.45, 2.75) is 25.1 Å². The highest BCUT2D eigenvalue weighted by Crippen LogP contribution is 2.31. The van der Waals surface area contributed by atoms with Crippen LogP contribution in [-0.2, 0) is 17.3 Å². The minimum absolute atomic E-state index is 0.00485. The van der Waals surface area contributed by atoms with Crippen LogP contribution >= 0.6 is 0 Å². The molecule has 0 spiro atoms. The Kier molecular flexibility index (Phi) is 5.85. The average molecular weight is 409 g/mol. The van der Waals surface area contributed by atoms with Crippen LogP contribution in [0.2, 0.25) is 0 Å². The van der Waals surface area contributed by atoms with Crippen LogP contribution in [0, 0.1) is 0 Å². The third-order valence-electron chi connectivity index (χ3n) is 4.17. The van der Waals surface area contributed by atoms with E-state index in [4.69, 9.17) is 10.5 Å². The highest BCUT2D eigenvalue weighted by molar-refractivity contribution is 6.05. The molecule has 0 radical (unpaired) electrons. The van der Waals surface area contributed by atoms with E-state index in [9.17, 15) is 18.0 Å². The third-order valence-corrected chi connectivity index (χ3v) is 4.17. The smallest absolute Gasteiger partial charge is 0.434 e. The molecule has 2 aromatic rings. The number of nitrogens with one attached hydrogen (secondary N) is 1. The van der Waals surface area contributed by atoms with Crippen molar-refractivity contribution in [2.24, 2.45) is 10.7 Å². The maximum absolute atomic E-state index is 13.2. The molecule has 0 aliphatic carbocycles. The number of halogens is 3. The van der Waals surface area contributed by atoms with E-state index < -0.39 is 29.4 Å². The Bertz CT molecular complexity index is 916. The number of amides is 1. The first-order valence-corrected chi connectivity index (χ1v) is 8.61. The van der Waals surface area contributed by atoms with Crippen molar-refractivity contribution >= 4 is 17.6 Å². The molecule has 1 aliphatic rings. The summed E-state index contributed by atoms with van der Waals surface area (Å²) in [6.45, 7) is 0.450. The number of hydrogen-bond donors (Lipinski definition) is 2. The molecule has 0 saturated heterocycles. The van der Waals surface area contributed by atoms with Crippen LogP contribution in [0.4, 0.5) is 18.9 Å². The summed E-state index contributed by atoms with van der Waals surface area (Å²) in [5.74, 6) is -0.972. The first-order valence-electron chi connectivity index (χ1n) is 8.61. The molecule has 1 aromatic heterocycles. The maximum atomic E-state index is 13.2. The Hall–Kier alpha value is -3.37. The van der Waals surface area contributed by atoms with Crippen LogP contribution in [-0.4, -0.2) is 41.7 Å². The predicted octanol–water partition coefficient (Wildman–Crippen LogP) is 2.40. The second-order valence-corrected chi connectivity index (χ2v) is 6.24. The van der Waals surface area contributed by atoms with Crippen molar-refractivity contribution in [3.8, 4) is 6.01 Å². The second-order valence-electron chi connectivity index (χ2n) is 6.24. The summed E-state index contributed by atoms with van der Waals surface area (Å²) in [6, 6.07) is 6.47. The number of aliphatic imine (C=N–C) groups is 1. The van der Waals surface area contributed by atoms with Crippen LogP contribution in [0.5, 0.6) is 6.01 Å². The summed E-state index contributed by atoms with van der Waals surface area (Å²) in [7, 11) is 1.14. The fourth-order valence-electron chi connectivity index (χ4n) is 2.72. The SMILES string of the molecule is COc1ncc(C(=O)Nc2ccc(CCC3COC(N)=N3)cc2)c(C(F)(F)F)n1. The molecule has 0 bridgehead atoms. The van der Waals surface area contributed by atoms with Gasteiger partial charge in [0.1, 0.15) is 6.61 Å². The van der Waals surface area contributed by atoms with Gasteiger partial charge in [0.05, 0.1) is 18.7 Å². The number of nitrogens with two attached hydrogens (primary N) is 1. The molecule has 1 aliphatic heterocycles. The molecule has 1 atom stereocenters. The lowest BCUT2D eigenvalue weighted by Gasteiger charge is -2.12. The summed E-state index contributed by atoms with van der Waals surface area (Å²) in [5, 5.41) is 2.42. The first kappa shape index (κ1) is 20.4. The lowest BCUT2D eigenvalue weighted by atomic mass is 10.1. The van der Waals surface area contributed by atoms with E-state index >= 15 is 0 Å². The molecule has 29 heavy (non-hydrogen) atoms. The van der Waals surface area contributed by atoms with E-state index in [1.807, 2.05) is 0 Å². The minimum atomic E-state index is -4.83. The number of carbonyl (C=O) groups excluding carboxylic acids is 1. The summed E-state index contributed by atoms with van der Waals surface area (Å²) in [4.78, 5) is 23.3. The van der Waals surface area contributed by atoms with E-state index in [0.29, 0.717) is 18.7 Å². The Labute approximate surface area is 164 Å². The predicted molar refractivity (Wildman–Crippen MR) is 97.7 cm³/mol. The molecule has 8 nitrogen and oxygen atoms in total. The van der Waals surface area contributed by atoms with Gasteiger partial charge in [-0.2, -0.15) is 18.2 Å². The summed E-state index contributed by atoms with van der Waals surface area (Å²) < 4.78 is 49.3. The number of hydrogen-bond acceptors (Lipinski definition) is 7. The highest BCUT2D eigenvalue weighted by Gasteiger charge is 2.38. The zero-order valence-electron chi connectivity index (χ0n) is 15.4. The molecule has 3 rings (SSSR count). The lowest BCUT2D eigenvalue weighted by molar-refractivity contribution is -0.141. The van der Waals surface area contributed by atoms with Gasteiger partial charge in [-0.05, 0) is 30.5 Å². The fourth-order valence-corrected chi connectivity index (χ4v) is 2.72. The molecule has 3 N–H and O–H groups in total. The van der Waals surface area contributed by atoms with Gasteiger partial charge in [0, 0.05) is 11.9 Å². The number of amidine groups is 1. The molecule has 1 amide bonds. The van der Waals surface area contributed by atoms with Gasteiger partial charge in [0.2, 0.25) is 0 Å². The van der Waals surface area contributed by atoms with Crippen LogP contribution in [0.25, 0.3) is 0 Å². The van der Waals surface area contributed by atoms with Gasteiger partial charge in [0.25, 0.3) is 11.9 Å². The standard InChI is InChI=1S/C18H18F3N5O3/c1-28-17-23-8-13(14(26-17)18(19,20)21)15(27)24-11-5-2-10(3-6-11)4-7-12-9-29-16(22)25-12/h2-3,5-6,8,12H,4,7,9H2,1H3,(H2,22,25)(H,24,27). The van der Waals surface area contributed by atoms with Crippen LogP contribution < -0.4 is 15.8 Å². The number of methoxy groups -OCH3 is 1. The first-order chi connectivity index (χ1) is 13.8. The van der Waals surface area contributed by atoms with E-state index in [-0.39, 0.29) is 12.1 Å². The molecule has 11 heteroatoms. The number of aryl methyl sites for hydroxylation is 1. The molecular formula is C18H18F3N5O3. The summed E-state index contributed by atoms with van der Waals surface area (Å²) in [6.07, 6.45) is -2.59. The molecular weight excluding hydrogens is 391 g/mol. The zero-order chi connectivity index (χ0) is 21.0. The van der Waals surface area contributed by atoms with E-state index in [0.717, 1.165) is 25.3 Å². The van der Waals surface area contributed by atoms with Gasteiger partial charge < -0.3 is 20.5 Å². The Morgan fingerprint density at radius 1 is 1.34 bits per heavy atom. The normalized spacial score (nSPS) is 16.1. The largest absolute Gasteiger partial charge is 0.467 e. The minimum Gasteiger partial charge on any atom is -0.467 e. The number of nitrogens with zero attached hydrogens (tertiary/aromatic N) is 3.